The molecule has 0 radical (unpaired) electrons. The molecule has 138 valence electrons. The summed E-state index contributed by atoms with van der Waals surface area (Å²) in [5.41, 5.74) is 1.22. The molecule has 0 N–H and O–H groups in total. The summed E-state index contributed by atoms with van der Waals surface area (Å²) in [6.45, 7) is 8.18. The Labute approximate surface area is 151 Å². The number of esters is 2. The average molecular weight is 346 g/mol. The Morgan fingerprint density at radius 3 is 1.96 bits per heavy atom. The molecule has 0 unspecified atom stereocenters. The van der Waals surface area contributed by atoms with E-state index in [1.54, 1.807) is 31.2 Å². The van der Waals surface area contributed by atoms with Crippen molar-refractivity contribution in [1.82, 2.24) is 0 Å². The van der Waals surface area contributed by atoms with Crippen molar-refractivity contribution >= 4 is 11.9 Å². The lowest BCUT2D eigenvalue weighted by Gasteiger charge is -2.10. The first-order valence-electron chi connectivity index (χ1n) is 9.14. The van der Waals surface area contributed by atoms with Crippen LogP contribution in [0.1, 0.15) is 79.5 Å². The van der Waals surface area contributed by atoms with Gasteiger partial charge in [0.05, 0.1) is 17.7 Å². The van der Waals surface area contributed by atoms with Crippen molar-refractivity contribution in [3.05, 3.63) is 47.5 Å². The molecular formula is C21H30O4. The van der Waals surface area contributed by atoms with Gasteiger partial charge >= 0.3 is 11.9 Å². The Morgan fingerprint density at radius 1 is 0.880 bits per heavy atom. The van der Waals surface area contributed by atoms with Crippen LogP contribution in [-0.4, -0.2) is 25.2 Å². The van der Waals surface area contributed by atoms with Crippen molar-refractivity contribution in [2.24, 2.45) is 0 Å². The third kappa shape index (κ3) is 8.52. The standard InChI is InChI=1S/C21H30O4/c1-4-5-6-7-8-9-12-15-24-20(22)18-13-10-11-14-19(18)21(23)25-16-17(2)3/h10-11,13-14H,2,4-9,12,15-16H2,1,3H3. The van der Waals surface area contributed by atoms with Gasteiger partial charge in [0.2, 0.25) is 0 Å². The molecule has 0 amide bonds. The Hall–Kier alpha value is -2.10. The maximum absolute atomic E-state index is 12.2. The van der Waals surface area contributed by atoms with Crippen LogP contribution in [0.15, 0.2) is 36.4 Å². The van der Waals surface area contributed by atoms with E-state index in [0.717, 1.165) is 18.4 Å². The normalized spacial score (nSPS) is 10.3. The first-order chi connectivity index (χ1) is 12.1. The second kappa shape index (κ2) is 12.3. The maximum atomic E-state index is 12.2. The fraction of sp³-hybridized carbons (Fsp3) is 0.524. The van der Waals surface area contributed by atoms with Crippen LogP contribution in [-0.2, 0) is 9.47 Å². The summed E-state index contributed by atoms with van der Waals surface area (Å²) in [6.07, 6.45) is 8.11. The minimum Gasteiger partial charge on any atom is -0.462 e. The molecule has 1 aromatic rings. The van der Waals surface area contributed by atoms with E-state index >= 15 is 0 Å². The number of benzene rings is 1. The van der Waals surface area contributed by atoms with Gasteiger partial charge in [0.1, 0.15) is 6.61 Å². The van der Waals surface area contributed by atoms with Crippen molar-refractivity contribution in [2.75, 3.05) is 13.2 Å². The molecule has 1 aromatic carbocycles. The Bertz CT molecular complexity index is 563. The second-order valence-corrected chi connectivity index (χ2v) is 6.34. The highest BCUT2D eigenvalue weighted by molar-refractivity contribution is 6.03. The summed E-state index contributed by atoms with van der Waals surface area (Å²) in [7, 11) is 0. The molecule has 25 heavy (non-hydrogen) atoms. The molecule has 0 saturated heterocycles. The predicted octanol–water partition coefficient (Wildman–Crippen LogP) is 5.33. The van der Waals surface area contributed by atoms with Gasteiger partial charge < -0.3 is 9.47 Å². The number of unbranched alkanes of at least 4 members (excludes halogenated alkanes) is 6. The molecule has 0 atom stereocenters. The summed E-state index contributed by atoms with van der Waals surface area (Å²) in [5.74, 6) is -1.01. The molecule has 4 heteroatoms. The molecule has 0 bridgehead atoms. The van der Waals surface area contributed by atoms with Crippen LogP contribution in [0.25, 0.3) is 0 Å². The van der Waals surface area contributed by atoms with Gasteiger partial charge in [0.15, 0.2) is 0 Å². The van der Waals surface area contributed by atoms with Gasteiger partial charge in [-0.1, -0.05) is 64.2 Å². The van der Waals surface area contributed by atoms with Crippen molar-refractivity contribution in [3.8, 4) is 0 Å². The molecule has 0 aliphatic rings. The van der Waals surface area contributed by atoms with Crippen LogP contribution in [0, 0.1) is 0 Å². The van der Waals surface area contributed by atoms with E-state index in [-0.39, 0.29) is 17.7 Å². The van der Waals surface area contributed by atoms with Gasteiger partial charge in [-0.3, -0.25) is 0 Å². The van der Waals surface area contributed by atoms with Crippen LogP contribution >= 0.6 is 0 Å². The van der Waals surface area contributed by atoms with Gasteiger partial charge in [-0.2, -0.15) is 0 Å². The second-order valence-electron chi connectivity index (χ2n) is 6.34. The fourth-order valence-corrected chi connectivity index (χ4v) is 2.41. The summed E-state index contributed by atoms with van der Waals surface area (Å²) in [4.78, 5) is 24.3. The predicted molar refractivity (Wildman–Crippen MR) is 99.8 cm³/mol. The highest BCUT2D eigenvalue weighted by atomic mass is 16.5. The van der Waals surface area contributed by atoms with E-state index in [1.807, 2.05) is 0 Å². The lowest BCUT2D eigenvalue weighted by molar-refractivity contribution is 0.0467. The zero-order valence-corrected chi connectivity index (χ0v) is 15.5. The zero-order valence-electron chi connectivity index (χ0n) is 15.5. The minimum absolute atomic E-state index is 0.139. The van der Waals surface area contributed by atoms with Crippen molar-refractivity contribution in [2.45, 2.75) is 58.8 Å². The Balaban J connectivity index is 2.42. The van der Waals surface area contributed by atoms with Crippen LogP contribution in [0.3, 0.4) is 0 Å². The first kappa shape index (κ1) is 20.9. The summed E-state index contributed by atoms with van der Waals surface area (Å²) >= 11 is 0. The zero-order chi connectivity index (χ0) is 18.5. The molecule has 1 rings (SSSR count). The molecule has 4 nitrogen and oxygen atoms in total. The van der Waals surface area contributed by atoms with E-state index in [1.165, 1.54) is 32.1 Å². The number of carbonyl (C=O) groups excluding carboxylic acids is 2. The largest absolute Gasteiger partial charge is 0.462 e. The SMILES string of the molecule is C=C(C)COC(=O)c1ccccc1C(=O)OCCCCCCCCC. The Morgan fingerprint density at radius 2 is 1.40 bits per heavy atom. The molecule has 0 saturated carbocycles. The third-order valence-electron chi connectivity index (χ3n) is 3.80. The van der Waals surface area contributed by atoms with Gasteiger partial charge in [0, 0.05) is 0 Å². The van der Waals surface area contributed by atoms with E-state index in [2.05, 4.69) is 13.5 Å². The summed E-state index contributed by atoms with van der Waals surface area (Å²) < 4.78 is 10.4. The van der Waals surface area contributed by atoms with Gasteiger partial charge in [-0.05, 0) is 31.1 Å². The van der Waals surface area contributed by atoms with E-state index in [0.29, 0.717) is 6.61 Å². The summed E-state index contributed by atoms with van der Waals surface area (Å²) in [5, 5.41) is 0. The molecule has 0 aliphatic carbocycles. The quantitative estimate of drug-likeness (QED) is 0.292. The molecular weight excluding hydrogens is 316 g/mol. The number of rotatable bonds is 12. The molecule has 0 aromatic heterocycles. The van der Waals surface area contributed by atoms with E-state index in [4.69, 9.17) is 9.47 Å². The number of hydrogen-bond donors (Lipinski definition) is 0. The van der Waals surface area contributed by atoms with Crippen molar-refractivity contribution < 1.29 is 19.1 Å². The lowest BCUT2D eigenvalue weighted by atomic mass is 10.1. The highest BCUT2D eigenvalue weighted by Crippen LogP contribution is 2.13. The van der Waals surface area contributed by atoms with Gasteiger partial charge in [-0.25, -0.2) is 9.59 Å². The molecule has 0 aliphatic heterocycles. The first-order valence-corrected chi connectivity index (χ1v) is 9.14. The van der Waals surface area contributed by atoms with Gasteiger partial charge in [0.25, 0.3) is 0 Å². The smallest absolute Gasteiger partial charge is 0.339 e. The molecule has 0 fully saturated rings. The fourth-order valence-electron chi connectivity index (χ4n) is 2.41. The summed E-state index contributed by atoms with van der Waals surface area (Å²) in [6, 6.07) is 6.57. The van der Waals surface area contributed by atoms with Crippen LogP contribution in [0.5, 0.6) is 0 Å². The molecule has 0 spiro atoms. The minimum atomic E-state index is -0.536. The van der Waals surface area contributed by atoms with E-state index in [9.17, 15) is 9.59 Å². The topological polar surface area (TPSA) is 52.6 Å². The highest BCUT2D eigenvalue weighted by Gasteiger charge is 2.18. The monoisotopic (exact) mass is 346 g/mol. The van der Waals surface area contributed by atoms with Crippen LogP contribution < -0.4 is 0 Å². The van der Waals surface area contributed by atoms with Crippen LogP contribution in [0.4, 0.5) is 0 Å². The van der Waals surface area contributed by atoms with Crippen LogP contribution in [0.2, 0.25) is 0 Å². The number of hydrogen-bond acceptors (Lipinski definition) is 4. The lowest BCUT2D eigenvalue weighted by Crippen LogP contribution is -2.15. The number of ether oxygens (including phenoxy) is 2. The van der Waals surface area contributed by atoms with E-state index < -0.39 is 11.9 Å². The Kier molecular flexibility index (Phi) is 10.3. The maximum Gasteiger partial charge on any atom is 0.339 e. The third-order valence-corrected chi connectivity index (χ3v) is 3.80. The number of carbonyl (C=O) groups is 2. The van der Waals surface area contributed by atoms with Crippen molar-refractivity contribution in [1.29, 1.82) is 0 Å². The molecule has 0 heterocycles. The van der Waals surface area contributed by atoms with Crippen molar-refractivity contribution in [3.63, 3.8) is 0 Å². The van der Waals surface area contributed by atoms with Gasteiger partial charge in [-0.15, -0.1) is 0 Å². The average Bonchev–Trinajstić information content (AvgIpc) is 2.61.